The second kappa shape index (κ2) is 7.74. The Morgan fingerprint density at radius 2 is 2.26 bits per heavy atom. The third kappa shape index (κ3) is 5.70. The van der Waals surface area contributed by atoms with E-state index in [1.54, 1.807) is 6.20 Å². The molecule has 19 heavy (non-hydrogen) atoms. The van der Waals surface area contributed by atoms with Crippen molar-refractivity contribution >= 4 is 5.91 Å². The standard InChI is InChI=1S/C14H23N3O2/c1-4-12(15)8-13(18)17-9-11-6-5-7-16-14(11)19-10(2)3/h5-7,10,12H,4,8-9,15H2,1-3H3,(H,17,18). The van der Waals surface area contributed by atoms with Gasteiger partial charge in [0.15, 0.2) is 0 Å². The summed E-state index contributed by atoms with van der Waals surface area (Å²) in [6.07, 6.45) is 2.87. The summed E-state index contributed by atoms with van der Waals surface area (Å²) in [5.74, 6) is 0.520. The van der Waals surface area contributed by atoms with E-state index in [1.165, 1.54) is 0 Å². The molecule has 0 saturated carbocycles. The van der Waals surface area contributed by atoms with Crippen LogP contribution >= 0.6 is 0 Å². The molecule has 0 spiro atoms. The summed E-state index contributed by atoms with van der Waals surface area (Å²) < 4.78 is 5.59. The molecule has 0 aliphatic carbocycles. The molecule has 3 N–H and O–H groups in total. The number of hydrogen-bond donors (Lipinski definition) is 2. The normalized spacial score (nSPS) is 12.3. The second-order valence-corrected chi connectivity index (χ2v) is 4.78. The van der Waals surface area contributed by atoms with Crippen molar-refractivity contribution in [3.8, 4) is 5.88 Å². The van der Waals surface area contributed by atoms with Gasteiger partial charge < -0.3 is 15.8 Å². The van der Waals surface area contributed by atoms with Crippen molar-refractivity contribution in [2.75, 3.05) is 0 Å². The highest BCUT2D eigenvalue weighted by molar-refractivity contribution is 5.76. The fourth-order valence-corrected chi connectivity index (χ4v) is 1.54. The molecule has 0 bridgehead atoms. The number of ether oxygens (including phenoxy) is 1. The fourth-order valence-electron chi connectivity index (χ4n) is 1.54. The van der Waals surface area contributed by atoms with E-state index < -0.39 is 0 Å². The van der Waals surface area contributed by atoms with Crippen LogP contribution in [0.1, 0.15) is 39.2 Å². The lowest BCUT2D eigenvalue weighted by molar-refractivity contribution is -0.121. The van der Waals surface area contributed by atoms with Crippen molar-refractivity contribution in [2.24, 2.45) is 5.73 Å². The van der Waals surface area contributed by atoms with E-state index in [4.69, 9.17) is 10.5 Å². The first-order chi connectivity index (χ1) is 9.02. The molecular formula is C14H23N3O2. The Labute approximate surface area is 114 Å². The molecule has 5 nitrogen and oxygen atoms in total. The lowest BCUT2D eigenvalue weighted by Gasteiger charge is -2.14. The number of pyridine rings is 1. The molecule has 1 aromatic heterocycles. The molecule has 1 rings (SSSR count). The summed E-state index contributed by atoms with van der Waals surface area (Å²) in [6, 6.07) is 3.64. The van der Waals surface area contributed by atoms with Gasteiger partial charge in [0.05, 0.1) is 6.10 Å². The molecule has 106 valence electrons. The van der Waals surface area contributed by atoms with Gasteiger partial charge in [0.25, 0.3) is 0 Å². The Bertz CT molecular complexity index is 407. The highest BCUT2D eigenvalue weighted by Crippen LogP contribution is 2.15. The van der Waals surface area contributed by atoms with Crippen molar-refractivity contribution in [1.82, 2.24) is 10.3 Å². The van der Waals surface area contributed by atoms with Gasteiger partial charge in [0.2, 0.25) is 11.8 Å². The predicted octanol–water partition coefficient (Wildman–Crippen LogP) is 1.61. The molecule has 0 aliphatic heterocycles. The van der Waals surface area contributed by atoms with Crippen LogP contribution < -0.4 is 15.8 Å². The zero-order valence-corrected chi connectivity index (χ0v) is 11.8. The lowest BCUT2D eigenvalue weighted by atomic mass is 10.1. The first-order valence-corrected chi connectivity index (χ1v) is 6.65. The third-order valence-corrected chi connectivity index (χ3v) is 2.65. The van der Waals surface area contributed by atoms with Crippen molar-refractivity contribution in [1.29, 1.82) is 0 Å². The van der Waals surface area contributed by atoms with Crippen molar-refractivity contribution in [3.63, 3.8) is 0 Å². The molecule has 0 aliphatic rings. The smallest absolute Gasteiger partial charge is 0.221 e. The van der Waals surface area contributed by atoms with E-state index in [9.17, 15) is 4.79 Å². The van der Waals surface area contributed by atoms with Gasteiger partial charge in [-0.2, -0.15) is 0 Å². The van der Waals surface area contributed by atoms with Crippen molar-refractivity contribution in [3.05, 3.63) is 23.9 Å². The predicted molar refractivity (Wildman–Crippen MR) is 74.7 cm³/mol. The van der Waals surface area contributed by atoms with E-state index in [2.05, 4.69) is 10.3 Å². The zero-order valence-electron chi connectivity index (χ0n) is 11.8. The number of aromatic nitrogens is 1. The molecule has 1 atom stereocenters. The Balaban J connectivity index is 2.55. The van der Waals surface area contributed by atoms with E-state index in [1.807, 2.05) is 32.9 Å². The summed E-state index contributed by atoms with van der Waals surface area (Å²) in [5, 5.41) is 2.84. The van der Waals surface area contributed by atoms with Crippen LogP contribution in [0.2, 0.25) is 0 Å². The summed E-state index contributed by atoms with van der Waals surface area (Å²) in [4.78, 5) is 15.8. The van der Waals surface area contributed by atoms with Crippen LogP contribution in [0.15, 0.2) is 18.3 Å². The first kappa shape index (κ1) is 15.4. The van der Waals surface area contributed by atoms with Crippen LogP contribution in [-0.2, 0) is 11.3 Å². The van der Waals surface area contributed by atoms with Crippen LogP contribution in [-0.4, -0.2) is 23.0 Å². The minimum absolute atomic E-state index is 0.0475. The Morgan fingerprint density at radius 1 is 1.53 bits per heavy atom. The maximum atomic E-state index is 11.7. The monoisotopic (exact) mass is 265 g/mol. The van der Waals surface area contributed by atoms with Crippen LogP contribution in [0.5, 0.6) is 5.88 Å². The SMILES string of the molecule is CCC(N)CC(=O)NCc1cccnc1OC(C)C. The molecule has 1 unspecified atom stereocenters. The number of nitrogens with zero attached hydrogens (tertiary/aromatic N) is 1. The number of hydrogen-bond acceptors (Lipinski definition) is 4. The molecule has 0 radical (unpaired) electrons. The van der Waals surface area contributed by atoms with Crippen molar-refractivity contribution < 1.29 is 9.53 Å². The Kier molecular flexibility index (Phi) is 6.29. The van der Waals surface area contributed by atoms with Crippen molar-refractivity contribution in [2.45, 2.75) is 52.3 Å². The van der Waals surface area contributed by atoms with Gasteiger partial charge in [-0.15, -0.1) is 0 Å². The second-order valence-electron chi connectivity index (χ2n) is 4.78. The number of nitrogens with one attached hydrogen (secondary N) is 1. The molecule has 1 heterocycles. The van der Waals surface area contributed by atoms with E-state index in [0.717, 1.165) is 12.0 Å². The Hall–Kier alpha value is -1.62. The lowest BCUT2D eigenvalue weighted by Crippen LogP contribution is -2.31. The van der Waals surface area contributed by atoms with Crippen LogP contribution in [0.25, 0.3) is 0 Å². The van der Waals surface area contributed by atoms with E-state index >= 15 is 0 Å². The van der Waals surface area contributed by atoms with Gasteiger partial charge in [-0.1, -0.05) is 13.0 Å². The van der Waals surface area contributed by atoms with Crippen LogP contribution in [0.3, 0.4) is 0 Å². The minimum atomic E-state index is -0.0831. The van der Waals surface area contributed by atoms with Gasteiger partial charge in [0.1, 0.15) is 0 Å². The van der Waals surface area contributed by atoms with Gasteiger partial charge in [-0.05, 0) is 26.3 Å². The molecule has 0 fully saturated rings. The summed E-state index contributed by atoms with van der Waals surface area (Å²) in [5.41, 5.74) is 6.61. The first-order valence-electron chi connectivity index (χ1n) is 6.65. The fraction of sp³-hybridized carbons (Fsp3) is 0.571. The topological polar surface area (TPSA) is 77.2 Å². The molecular weight excluding hydrogens is 242 g/mol. The molecule has 5 heteroatoms. The summed E-state index contributed by atoms with van der Waals surface area (Å²) in [7, 11) is 0. The minimum Gasteiger partial charge on any atom is -0.475 e. The third-order valence-electron chi connectivity index (χ3n) is 2.65. The number of carbonyl (C=O) groups is 1. The van der Waals surface area contributed by atoms with E-state index in [-0.39, 0.29) is 18.1 Å². The maximum absolute atomic E-state index is 11.7. The molecule has 0 saturated heterocycles. The summed E-state index contributed by atoms with van der Waals surface area (Å²) in [6.45, 7) is 6.26. The number of carbonyl (C=O) groups excluding carboxylic acids is 1. The average Bonchev–Trinajstić information content (AvgIpc) is 2.37. The summed E-state index contributed by atoms with van der Waals surface area (Å²) >= 11 is 0. The highest BCUT2D eigenvalue weighted by Gasteiger charge is 2.10. The van der Waals surface area contributed by atoms with Crippen LogP contribution in [0, 0.1) is 0 Å². The maximum Gasteiger partial charge on any atom is 0.221 e. The quantitative estimate of drug-likeness (QED) is 0.785. The molecule has 1 amide bonds. The molecule has 0 aromatic carbocycles. The Morgan fingerprint density at radius 3 is 2.89 bits per heavy atom. The highest BCUT2D eigenvalue weighted by atomic mass is 16.5. The number of nitrogens with two attached hydrogens (primary N) is 1. The van der Waals surface area contributed by atoms with Crippen LogP contribution in [0.4, 0.5) is 0 Å². The number of amides is 1. The van der Waals surface area contributed by atoms with Gasteiger partial charge in [0, 0.05) is 30.8 Å². The number of rotatable bonds is 7. The zero-order chi connectivity index (χ0) is 14.3. The van der Waals surface area contributed by atoms with Gasteiger partial charge in [-0.25, -0.2) is 4.98 Å². The van der Waals surface area contributed by atoms with Gasteiger partial charge in [-0.3, -0.25) is 4.79 Å². The molecule has 1 aromatic rings. The average molecular weight is 265 g/mol. The van der Waals surface area contributed by atoms with E-state index in [0.29, 0.717) is 18.8 Å². The van der Waals surface area contributed by atoms with Gasteiger partial charge >= 0.3 is 0 Å². The largest absolute Gasteiger partial charge is 0.475 e.